The Morgan fingerprint density at radius 1 is 1.22 bits per heavy atom. The van der Waals surface area contributed by atoms with Gasteiger partial charge < -0.3 is 19.7 Å². The van der Waals surface area contributed by atoms with Crippen LogP contribution < -0.4 is 10.0 Å². The Hall–Kier alpha value is -0.500. The second-order valence-electron chi connectivity index (χ2n) is 8.17. The highest BCUT2D eigenvalue weighted by Crippen LogP contribution is 2.31. The molecule has 0 aromatic carbocycles. The van der Waals surface area contributed by atoms with Crippen molar-refractivity contribution in [3.63, 3.8) is 0 Å². The summed E-state index contributed by atoms with van der Waals surface area (Å²) < 4.78 is 14.9. The van der Waals surface area contributed by atoms with Gasteiger partial charge >= 0.3 is 6.03 Å². The van der Waals surface area contributed by atoms with Crippen LogP contribution in [0, 0.1) is 11.8 Å². The van der Waals surface area contributed by atoms with E-state index in [4.69, 9.17) is 9.47 Å². The molecular weight excluding hydrogens is 362 g/mol. The van der Waals surface area contributed by atoms with Crippen LogP contribution in [0.2, 0.25) is 0 Å². The fraction of sp³-hybridized carbons (Fsp3) is 0.950. The molecule has 1 aliphatic heterocycles. The van der Waals surface area contributed by atoms with E-state index in [-0.39, 0.29) is 18.1 Å². The fourth-order valence-corrected chi connectivity index (χ4v) is 4.90. The number of ether oxygens (including phenoxy) is 2. The van der Waals surface area contributed by atoms with Gasteiger partial charge in [-0.25, -0.2) is 4.79 Å². The first kappa shape index (κ1) is 22.8. The van der Waals surface area contributed by atoms with Crippen molar-refractivity contribution in [3.05, 3.63) is 0 Å². The number of carbonyl (C=O) groups is 1. The number of carbonyl (C=O) groups excluding carboxylic acids is 1. The molecule has 0 spiro atoms. The van der Waals surface area contributed by atoms with E-state index in [0.717, 1.165) is 44.1 Å². The van der Waals surface area contributed by atoms with E-state index in [2.05, 4.69) is 23.9 Å². The third-order valence-electron chi connectivity index (χ3n) is 6.06. The van der Waals surface area contributed by atoms with Crippen LogP contribution in [0.3, 0.4) is 0 Å². The first-order valence-electron chi connectivity index (χ1n) is 10.5. The number of methoxy groups -OCH3 is 1. The molecule has 1 heterocycles. The first-order valence-corrected chi connectivity index (χ1v) is 11.7. The van der Waals surface area contributed by atoms with E-state index in [0.29, 0.717) is 25.9 Å². The second-order valence-corrected chi connectivity index (χ2v) is 8.81. The van der Waals surface area contributed by atoms with Crippen molar-refractivity contribution in [3.8, 4) is 0 Å². The third kappa shape index (κ3) is 7.11. The number of piperidine rings is 1. The van der Waals surface area contributed by atoms with E-state index in [1.807, 2.05) is 11.2 Å². The summed E-state index contributed by atoms with van der Waals surface area (Å²) in [6.45, 7) is 7.14. The summed E-state index contributed by atoms with van der Waals surface area (Å²) in [5, 5.41) is 2.97. The highest BCUT2D eigenvalue weighted by molar-refractivity contribution is 7.96. The van der Waals surface area contributed by atoms with Crippen LogP contribution >= 0.6 is 11.9 Å². The van der Waals surface area contributed by atoms with Crippen molar-refractivity contribution in [1.82, 2.24) is 14.9 Å². The maximum atomic E-state index is 12.7. The van der Waals surface area contributed by atoms with Crippen LogP contribution in [0.15, 0.2) is 0 Å². The normalized spacial score (nSPS) is 29.1. The highest BCUT2D eigenvalue weighted by atomic mass is 32.2. The van der Waals surface area contributed by atoms with Crippen molar-refractivity contribution in [2.45, 2.75) is 70.6 Å². The number of hydrogen-bond acceptors (Lipinski definition) is 5. The molecule has 27 heavy (non-hydrogen) atoms. The molecule has 0 aromatic rings. The number of amides is 2. The molecule has 2 N–H and O–H groups in total. The number of likely N-dealkylation sites (tertiary alicyclic amines) is 1. The molecule has 0 radical (unpaired) electrons. The van der Waals surface area contributed by atoms with E-state index in [1.165, 1.54) is 12.8 Å². The Kier molecular flexibility index (Phi) is 10.2. The van der Waals surface area contributed by atoms with Crippen molar-refractivity contribution >= 4 is 18.0 Å². The van der Waals surface area contributed by atoms with Crippen LogP contribution in [0.4, 0.5) is 4.79 Å². The average Bonchev–Trinajstić information content (AvgIpc) is 2.67. The molecule has 1 aliphatic carbocycles. The third-order valence-corrected chi connectivity index (χ3v) is 6.59. The summed E-state index contributed by atoms with van der Waals surface area (Å²) in [7, 11) is 1.65. The molecule has 2 amide bonds. The van der Waals surface area contributed by atoms with E-state index >= 15 is 0 Å². The number of urea groups is 1. The van der Waals surface area contributed by atoms with Crippen LogP contribution in [0.5, 0.6) is 0 Å². The zero-order valence-corrected chi connectivity index (χ0v) is 18.4. The second kappa shape index (κ2) is 12.1. The molecular formula is C20H39N3O3S. The minimum Gasteiger partial charge on any atom is -0.383 e. The minimum atomic E-state index is -0.00299. The number of nitrogens with zero attached hydrogens (tertiary/aromatic N) is 1. The van der Waals surface area contributed by atoms with Crippen molar-refractivity contribution in [2.75, 3.05) is 39.7 Å². The number of rotatable bonds is 9. The van der Waals surface area contributed by atoms with Gasteiger partial charge in [-0.3, -0.25) is 4.72 Å². The lowest BCUT2D eigenvalue weighted by molar-refractivity contribution is -0.0239. The van der Waals surface area contributed by atoms with Gasteiger partial charge in [-0.15, -0.1) is 0 Å². The van der Waals surface area contributed by atoms with Gasteiger partial charge in [0.15, 0.2) is 0 Å². The molecule has 6 nitrogen and oxygen atoms in total. The summed E-state index contributed by atoms with van der Waals surface area (Å²) in [5.41, 5.74) is 0. The zero-order chi connectivity index (χ0) is 19.6. The Labute approximate surface area is 169 Å². The highest BCUT2D eigenvalue weighted by Gasteiger charge is 2.35. The predicted octanol–water partition coefficient (Wildman–Crippen LogP) is 3.27. The molecule has 2 aliphatic rings. The summed E-state index contributed by atoms with van der Waals surface area (Å²) in [6.07, 6.45) is 9.31. The van der Waals surface area contributed by atoms with Gasteiger partial charge in [0.1, 0.15) is 0 Å². The van der Waals surface area contributed by atoms with Crippen molar-refractivity contribution < 1.29 is 14.3 Å². The van der Waals surface area contributed by atoms with Gasteiger partial charge in [0.2, 0.25) is 0 Å². The van der Waals surface area contributed by atoms with E-state index in [1.54, 1.807) is 19.1 Å². The molecule has 0 aromatic heterocycles. The standard InChI is InChI=1S/C20H39N3O3S/c1-15(2)16-7-9-17(10-8-16)26-14-19-18(22-27-4)6-5-12-23(19)20(24)21-11-13-25-3/h15-19,22H,5-14H2,1-4H3,(H,21,24)/t16-,17+,18-,19-/m0/s1. The van der Waals surface area contributed by atoms with Crippen molar-refractivity contribution in [1.29, 1.82) is 0 Å². The summed E-state index contributed by atoms with van der Waals surface area (Å²) in [6, 6.07) is 0.349. The predicted molar refractivity (Wildman–Crippen MR) is 112 cm³/mol. The van der Waals surface area contributed by atoms with Crippen molar-refractivity contribution in [2.24, 2.45) is 11.8 Å². The van der Waals surface area contributed by atoms with Crippen LogP contribution in [-0.2, 0) is 9.47 Å². The monoisotopic (exact) mass is 401 g/mol. The number of nitrogens with one attached hydrogen (secondary N) is 2. The van der Waals surface area contributed by atoms with Crippen LogP contribution in [0.25, 0.3) is 0 Å². The molecule has 158 valence electrons. The largest absolute Gasteiger partial charge is 0.383 e. The molecule has 0 bridgehead atoms. The van der Waals surface area contributed by atoms with Gasteiger partial charge in [0.25, 0.3) is 0 Å². The fourth-order valence-electron chi connectivity index (χ4n) is 4.32. The minimum absolute atomic E-state index is 0.00299. The molecule has 2 fully saturated rings. The van der Waals surface area contributed by atoms with Gasteiger partial charge in [-0.1, -0.05) is 25.8 Å². The smallest absolute Gasteiger partial charge is 0.317 e. The van der Waals surface area contributed by atoms with Crippen LogP contribution in [-0.4, -0.2) is 68.8 Å². The summed E-state index contributed by atoms with van der Waals surface area (Å²) in [4.78, 5) is 14.6. The lowest BCUT2D eigenvalue weighted by Crippen LogP contribution is -2.59. The molecule has 2 atom stereocenters. The van der Waals surface area contributed by atoms with Gasteiger partial charge in [0, 0.05) is 26.2 Å². The SMILES string of the molecule is COCCNC(=O)N1CCC[C@H](NSC)[C@@H]1CO[C@H]1CC[C@@H](C(C)C)CC1. The summed E-state index contributed by atoms with van der Waals surface area (Å²) >= 11 is 1.63. The zero-order valence-electron chi connectivity index (χ0n) is 17.5. The van der Waals surface area contributed by atoms with E-state index < -0.39 is 0 Å². The molecule has 1 saturated carbocycles. The molecule has 2 rings (SSSR count). The maximum absolute atomic E-state index is 12.7. The topological polar surface area (TPSA) is 62.8 Å². The Morgan fingerprint density at radius 3 is 2.59 bits per heavy atom. The quantitative estimate of drug-likeness (QED) is 0.459. The Bertz CT molecular complexity index is 429. The lowest BCUT2D eigenvalue weighted by Gasteiger charge is -2.42. The van der Waals surface area contributed by atoms with Crippen LogP contribution in [0.1, 0.15) is 52.4 Å². The molecule has 7 heteroatoms. The molecule has 1 saturated heterocycles. The van der Waals surface area contributed by atoms with E-state index in [9.17, 15) is 4.79 Å². The maximum Gasteiger partial charge on any atom is 0.317 e. The Morgan fingerprint density at radius 2 is 1.96 bits per heavy atom. The van der Waals surface area contributed by atoms with Gasteiger partial charge in [-0.2, -0.15) is 0 Å². The first-order chi connectivity index (χ1) is 13.1. The van der Waals surface area contributed by atoms with Gasteiger partial charge in [-0.05, 0) is 56.6 Å². The lowest BCUT2D eigenvalue weighted by atomic mass is 9.80. The van der Waals surface area contributed by atoms with Gasteiger partial charge in [0.05, 0.1) is 25.4 Å². The molecule has 0 unspecified atom stereocenters. The average molecular weight is 402 g/mol. The number of hydrogen-bond donors (Lipinski definition) is 2. The summed E-state index contributed by atoms with van der Waals surface area (Å²) in [5.74, 6) is 1.61. The Balaban J connectivity index is 1.89.